The van der Waals surface area contributed by atoms with E-state index in [1.807, 2.05) is 36.4 Å². The molecular formula is C15H10BrNO2S. The predicted octanol–water partition coefficient (Wildman–Crippen LogP) is 4.57. The van der Waals surface area contributed by atoms with E-state index < -0.39 is 0 Å². The van der Waals surface area contributed by atoms with Gasteiger partial charge in [0.25, 0.3) is 5.22 Å². The first-order chi connectivity index (χ1) is 9.72. The van der Waals surface area contributed by atoms with E-state index in [1.165, 1.54) is 11.8 Å². The van der Waals surface area contributed by atoms with Crippen LogP contribution in [0.1, 0.15) is 10.4 Å². The van der Waals surface area contributed by atoms with E-state index in [9.17, 15) is 4.79 Å². The van der Waals surface area contributed by atoms with Crippen LogP contribution in [0.25, 0.3) is 11.1 Å². The minimum Gasteiger partial charge on any atom is -0.431 e. The lowest BCUT2D eigenvalue weighted by atomic mass is 10.2. The van der Waals surface area contributed by atoms with Crippen molar-refractivity contribution in [3.8, 4) is 0 Å². The zero-order chi connectivity index (χ0) is 13.9. The molecule has 5 heteroatoms. The lowest BCUT2D eigenvalue weighted by Gasteiger charge is -1.99. The molecule has 20 heavy (non-hydrogen) atoms. The Morgan fingerprint density at radius 3 is 2.65 bits per heavy atom. The van der Waals surface area contributed by atoms with Gasteiger partial charge in [-0.15, -0.1) is 0 Å². The molecule has 1 heterocycles. The van der Waals surface area contributed by atoms with Crippen molar-refractivity contribution in [3.63, 3.8) is 0 Å². The fraction of sp³-hybridized carbons (Fsp3) is 0.0667. The third-order valence-corrected chi connectivity index (χ3v) is 4.12. The van der Waals surface area contributed by atoms with Crippen molar-refractivity contribution in [2.24, 2.45) is 0 Å². The molecule has 0 spiro atoms. The van der Waals surface area contributed by atoms with Gasteiger partial charge in [-0.05, 0) is 24.3 Å². The number of fused-ring (bicyclic) bond motifs is 1. The molecule has 0 amide bonds. The third-order valence-electron chi connectivity index (χ3n) is 2.77. The molecule has 0 bridgehead atoms. The number of hydrogen-bond acceptors (Lipinski definition) is 4. The van der Waals surface area contributed by atoms with Crippen molar-refractivity contribution < 1.29 is 9.21 Å². The van der Waals surface area contributed by atoms with E-state index in [0.717, 1.165) is 15.6 Å². The van der Waals surface area contributed by atoms with Gasteiger partial charge in [0.15, 0.2) is 11.4 Å². The smallest absolute Gasteiger partial charge is 0.257 e. The van der Waals surface area contributed by atoms with Crippen molar-refractivity contribution in [2.75, 3.05) is 5.75 Å². The quantitative estimate of drug-likeness (QED) is 0.512. The Hall–Kier alpha value is -1.59. The van der Waals surface area contributed by atoms with E-state index >= 15 is 0 Å². The number of aromatic nitrogens is 1. The molecule has 0 atom stereocenters. The second-order valence-corrected chi connectivity index (χ2v) is 6.01. The maximum atomic E-state index is 12.0. The SMILES string of the molecule is O=C(CSc1nc2ccccc2o1)c1ccc(Br)cc1. The van der Waals surface area contributed by atoms with Gasteiger partial charge in [-0.25, -0.2) is 4.98 Å². The van der Waals surface area contributed by atoms with Gasteiger partial charge >= 0.3 is 0 Å². The molecule has 0 radical (unpaired) electrons. The molecule has 100 valence electrons. The van der Waals surface area contributed by atoms with Crippen LogP contribution in [0.4, 0.5) is 0 Å². The summed E-state index contributed by atoms with van der Waals surface area (Å²) >= 11 is 4.66. The minimum absolute atomic E-state index is 0.0600. The Balaban J connectivity index is 1.69. The molecule has 0 N–H and O–H groups in total. The minimum atomic E-state index is 0.0600. The Morgan fingerprint density at radius 1 is 1.15 bits per heavy atom. The highest BCUT2D eigenvalue weighted by Gasteiger charge is 2.10. The summed E-state index contributed by atoms with van der Waals surface area (Å²) in [6.07, 6.45) is 0. The Bertz CT molecular complexity index is 719. The van der Waals surface area contributed by atoms with Crippen LogP contribution in [-0.4, -0.2) is 16.5 Å². The largest absolute Gasteiger partial charge is 0.431 e. The van der Waals surface area contributed by atoms with Crippen molar-refractivity contribution in [2.45, 2.75) is 5.22 Å². The molecule has 0 saturated carbocycles. The van der Waals surface area contributed by atoms with E-state index in [0.29, 0.717) is 16.5 Å². The highest BCUT2D eigenvalue weighted by Crippen LogP contribution is 2.24. The topological polar surface area (TPSA) is 43.1 Å². The number of oxazole rings is 1. The van der Waals surface area contributed by atoms with E-state index in [-0.39, 0.29) is 5.78 Å². The molecule has 3 nitrogen and oxygen atoms in total. The summed E-state index contributed by atoms with van der Waals surface area (Å²) in [6.45, 7) is 0. The van der Waals surface area contributed by atoms with Crippen LogP contribution >= 0.6 is 27.7 Å². The van der Waals surface area contributed by atoms with Crippen molar-refractivity contribution in [3.05, 3.63) is 58.6 Å². The summed E-state index contributed by atoms with van der Waals surface area (Å²) in [4.78, 5) is 16.4. The first-order valence-electron chi connectivity index (χ1n) is 5.99. The van der Waals surface area contributed by atoms with Gasteiger partial charge in [0.2, 0.25) is 0 Å². The molecule has 0 aliphatic carbocycles. The van der Waals surface area contributed by atoms with Crippen molar-refractivity contribution in [1.82, 2.24) is 4.98 Å². The van der Waals surface area contributed by atoms with Gasteiger partial charge in [0.1, 0.15) is 5.52 Å². The average molecular weight is 348 g/mol. The second kappa shape index (κ2) is 5.81. The summed E-state index contributed by atoms with van der Waals surface area (Å²) in [6, 6.07) is 14.9. The number of Topliss-reactive ketones (excluding diaryl/α,β-unsaturated/α-hetero) is 1. The zero-order valence-electron chi connectivity index (χ0n) is 10.4. The lowest BCUT2D eigenvalue weighted by Crippen LogP contribution is -2.01. The van der Waals surface area contributed by atoms with E-state index in [1.54, 1.807) is 12.1 Å². The number of carbonyl (C=O) groups is 1. The highest BCUT2D eigenvalue weighted by atomic mass is 79.9. The Kier molecular flexibility index (Phi) is 3.89. The van der Waals surface area contributed by atoms with Gasteiger partial charge in [-0.1, -0.05) is 52.0 Å². The molecule has 0 aliphatic heterocycles. The fourth-order valence-corrected chi connectivity index (χ4v) is 2.76. The molecule has 2 aromatic carbocycles. The van der Waals surface area contributed by atoms with Gasteiger partial charge in [-0.2, -0.15) is 0 Å². The number of benzene rings is 2. The number of rotatable bonds is 4. The fourth-order valence-electron chi connectivity index (χ4n) is 1.76. The summed E-state index contributed by atoms with van der Waals surface area (Å²) in [5, 5.41) is 0.525. The lowest BCUT2D eigenvalue weighted by molar-refractivity contribution is 0.102. The van der Waals surface area contributed by atoms with E-state index in [4.69, 9.17) is 4.42 Å². The predicted molar refractivity (Wildman–Crippen MR) is 83.2 cm³/mol. The number of para-hydroxylation sites is 2. The van der Waals surface area contributed by atoms with Crippen LogP contribution in [0.3, 0.4) is 0 Å². The highest BCUT2D eigenvalue weighted by molar-refractivity contribution is 9.10. The number of hydrogen-bond donors (Lipinski definition) is 0. The van der Waals surface area contributed by atoms with Crippen molar-refractivity contribution >= 4 is 44.6 Å². The molecule has 3 aromatic rings. The number of nitrogens with zero attached hydrogens (tertiary/aromatic N) is 1. The van der Waals surface area contributed by atoms with Gasteiger partial charge < -0.3 is 4.42 Å². The standard InChI is InChI=1S/C15H10BrNO2S/c16-11-7-5-10(6-8-11)13(18)9-20-15-17-12-3-1-2-4-14(12)19-15/h1-8H,9H2. The zero-order valence-corrected chi connectivity index (χ0v) is 12.8. The second-order valence-electron chi connectivity index (χ2n) is 4.17. The maximum Gasteiger partial charge on any atom is 0.257 e. The van der Waals surface area contributed by atoms with Crippen LogP contribution in [0.15, 0.2) is 62.6 Å². The van der Waals surface area contributed by atoms with Crippen molar-refractivity contribution in [1.29, 1.82) is 0 Å². The molecule has 0 unspecified atom stereocenters. The van der Waals surface area contributed by atoms with Gasteiger partial charge in [-0.3, -0.25) is 4.79 Å². The summed E-state index contributed by atoms with van der Waals surface area (Å²) in [5.41, 5.74) is 2.24. The molecule has 0 aliphatic rings. The number of carbonyl (C=O) groups excluding carboxylic acids is 1. The number of halogens is 1. The van der Waals surface area contributed by atoms with Crippen LogP contribution in [-0.2, 0) is 0 Å². The normalized spacial score (nSPS) is 10.8. The molecular weight excluding hydrogens is 338 g/mol. The molecule has 0 saturated heterocycles. The average Bonchev–Trinajstić information content (AvgIpc) is 2.88. The van der Waals surface area contributed by atoms with Crippen LogP contribution in [0, 0.1) is 0 Å². The van der Waals surface area contributed by atoms with Gasteiger partial charge in [0, 0.05) is 10.0 Å². The first kappa shape index (κ1) is 13.4. The third kappa shape index (κ3) is 2.94. The summed E-state index contributed by atoms with van der Waals surface area (Å²) in [7, 11) is 0. The molecule has 3 rings (SSSR count). The van der Waals surface area contributed by atoms with E-state index in [2.05, 4.69) is 20.9 Å². The summed E-state index contributed by atoms with van der Waals surface area (Å²) < 4.78 is 6.52. The molecule has 1 aromatic heterocycles. The molecule has 0 fully saturated rings. The summed E-state index contributed by atoms with van der Waals surface area (Å²) in [5.74, 6) is 0.374. The monoisotopic (exact) mass is 347 g/mol. The first-order valence-corrected chi connectivity index (χ1v) is 7.77. The Morgan fingerprint density at radius 2 is 1.90 bits per heavy atom. The van der Waals surface area contributed by atoms with Crippen LogP contribution < -0.4 is 0 Å². The maximum absolute atomic E-state index is 12.0. The number of thioether (sulfide) groups is 1. The van der Waals surface area contributed by atoms with Crippen LogP contribution in [0.2, 0.25) is 0 Å². The number of ketones is 1. The van der Waals surface area contributed by atoms with Crippen LogP contribution in [0.5, 0.6) is 0 Å². The Labute approximate surface area is 128 Å². The van der Waals surface area contributed by atoms with Gasteiger partial charge in [0.05, 0.1) is 5.75 Å².